The summed E-state index contributed by atoms with van der Waals surface area (Å²) in [6.07, 6.45) is 0.500. The molecule has 0 spiro atoms. The summed E-state index contributed by atoms with van der Waals surface area (Å²) < 4.78 is 0. The fourth-order valence-electron chi connectivity index (χ4n) is 0. The average Bonchev–Trinajstić information content (AvgIpc) is 1.39. The molecule has 0 aromatic heterocycles. The van der Waals surface area contributed by atoms with E-state index in [4.69, 9.17) is 9.59 Å². The van der Waals surface area contributed by atoms with Crippen LogP contribution >= 0.6 is 0 Å². The van der Waals surface area contributed by atoms with Crippen molar-refractivity contribution in [1.29, 1.82) is 0 Å². The minimum absolute atomic E-state index is 0. The molecule has 40 valence electrons. The summed E-state index contributed by atoms with van der Waals surface area (Å²) >= 11 is 0. The summed E-state index contributed by atoms with van der Waals surface area (Å²) in [5.41, 5.74) is 8.33. The number of carbonyl (C=O) groups excluding carboxylic acids is 2. The normalized spacial score (nSPS) is 3.43. The molecular weight excluding hydrogens is 263 g/mol. The Morgan fingerprint density at radius 1 is 1.00 bits per heavy atom. The first kappa shape index (κ1) is 15.8. The van der Waals surface area contributed by atoms with Gasteiger partial charge in [-0.3, -0.25) is 9.59 Å². The Labute approximate surface area is 60.0 Å². The third-order valence-electron chi connectivity index (χ3n) is 0. The maximum atomic E-state index is 8.58. The predicted octanol–water partition coefficient (Wildman–Crippen LogP) is -1.80. The van der Waals surface area contributed by atoms with Gasteiger partial charge in [-0.25, -0.2) is 0 Å². The van der Waals surface area contributed by atoms with Crippen molar-refractivity contribution in [2.75, 3.05) is 0 Å². The Balaban J connectivity index is -0.0000000400. The molecule has 4 N–H and O–H groups in total. The van der Waals surface area contributed by atoms with E-state index in [0.29, 0.717) is 0 Å². The maximum Gasteiger partial charge on any atom is 0.204 e. The summed E-state index contributed by atoms with van der Waals surface area (Å²) in [5, 5.41) is 0. The molecule has 0 unspecified atom stereocenters. The van der Waals surface area contributed by atoms with Crippen LogP contribution in [0.4, 0.5) is 0 Å². The van der Waals surface area contributed by atoms with Crippen LogP contribution in [0, 0.1) is 0 Å². The van der Waals surface area contributed by atoms with Gasteiger partial charge in [-0.2, -0.15) is 0 Å². The van der Waals surface area contributed by atoms with Gasteiger partial charge in [0.25, 0.3) is 0 Å². The van der Waals surface area contributed by atoms with Crippen LogP contribution in [-0.4, -0.2) is 12.8 Å². The van der Waals surface area contributed by atoms with Crippen LogP contribution in [0.1, 0.15) is 0 Å². The first-order valence-corrected chi connectivity index (χ1v) is 1.14. The van der Waals surface area contributed by atoms with E-state index in [2.05, 4.69) is 11.5 Å². The van der Waals surface area contributed by atoms with Gasteiger partial charge in [-0.1, -0.05) is 0 Å². The van der Waals surface area contributed by atoms with E-state index < -0.39 is 0 Å². The van der Waals surface area contributed by atoms with Crippen LogP contribution in [0.25, 0.3) is 0 Å². The van der Waals surface area contributed by atoms with Crippen LogP contribution in [0.5, 0.6) is 0 Å². The van der Waals surface area contributed by atoms with Gasteiger partial charge in [-0.15, -0.1) is 0 Å². The molecular formula is C2H6HfN2O2. The number of primary amides is 2. The minimum Gasteiger partial charge on any atom is -0.372 e. The van der Waals surface area contributed by atoms with Crippen LogP contribution < -0.4 is 11.5 Å². The fourth-order valence-corrected chi connectivity index (χ4v) is 0. The second-order valence-corrected chi connectivity index (χ2v) is 0.272. The summed E-state index contributed by atoms with van der Waals surface area (Å²) in [5.74, 6) is 0. The topological polar surface area (TPSA) is 86.2 Å². The monoisotopic (exact) mass is 270 g/mol. The molecule has 0 radical (unpaired) electrons. The summed E-state index contributed by atoms with van der Waals surface area (Å²) in [6.45, 7) is 0. The number of hydrogen-bond acceptors (Lipinski definition) is 2. The SMILES string of the molecule is NC=O.NC=O.[Hf]. The Morgan fingerprint density at radius 3 is 1.00 bits per heavy atom. The molecule has 0 aliphatic heterocycles. The molecule has 0 saturated heterocycles. The van der Waals surface area contributed by atoms with Crippen molar-refractivity contribution in [2.45, 2.75) is 0 Å². The van der Waals surface area contributed by atoms with Crippen molar-refractivity contribution in [1.82, 2.24) is 0 Å². The molecule has 5 heteroatoms. The maximum absolute atomic E-state index is 8.58. The zero-order chi connectivity index (χ0) is 5.41. The zero-order valence-corrected chi connectivity index (χ0v) is 7.22. The number of amides is 2. The molecule has 0 aliphatic carbocycles. The van der Waals surface area contributed by atoms with E-state index >= 15 is 0 Å². The van der Waals surface area contributed by atoms with E-state index in [1.165, 1.54) is 0 Å². The molecule has 0 fully saturated rings. The molecule has 4 nitrogen and oxygen atoms in total. The van der Waals surface area contributed by atoms with Crippen molar-refractivity contribution in [3.05, 3.63) is 0 Å². The predicted molar refractivity (Wildman–Crippen MR) is 20.5 cm³/mol. The van der Waals surface area contributed by atoms with Crippen molar-refractivity contribution in [3.8, 4) is 0 Å². The molecule has 0 heterocycles. The number of rotatable bonds is 0. The first-order chi connectivity index (χ1) is 2.83. The molecule has 0 aliphatic rings. The van der Waals surface area contributed by atoms with Crippen LogP contribution in [-0.2, 0) is 35.4 Å². The molecule has 0 bridgehead atoms. The van der Waals surface area contributed by atoms with Gasteiger partial charge < -0.3 is 11.5 Å². The Kier molecular flexibility index (Phi) is 92.8. The van der Waals surface area contributed by atoms with Gasteiger partial charge >= 0.3 is 0 Å². The molecule has 7 heavy (non-hydrogen) atoms. The van der Waals surface area contributed by atoms with E-state index in [1.807, 2.05) is 0 Å². The Hall–Kier alpha value is -0.190. The number of nitrogens with two attached hydrogens (primary N) is 2. The largest absolute Gasteiger partial charge is 0.372 e. The van der Waals surface area contributed by atoms with Crippen LogP contribution in [0.3, 0.4) is 0 Å². The first-order valence-electron chi connectivity index (χ1n) is 1.14. The van der Waals surface area contributed by atoms with Gasteiger partial charge in [0.05, 0.1) is 0 Å². The molecule has 0 aromatic rings. The fraction of sp³-hybridized carbons (Fsp3) is 0. The van der Waals surface area contributed by atoms with Crippen molar-refractivity contribution >= 4 is 12.8 Å². The van der Waals surface area contributed by atoms with E-state index in [-0.39, 0.29) is 38.7 Å². The van der Waals surface area contributed by atoms with E-state index in [1.54, 1.807) is 0 Å². The molecule has 0 aromatic carbocycles. The third kappa shape index (κ3) is 2340. The minimum atomic E-state index is 0. The van der Waals surface area contributed by atoms with E-state index in [0.717, 1.165) is 0 Å². The zero-order valence-electron chi connectivity index (χ0n) is 3.63. The van der Waals surface area contributed by atoms with Crippen LogP contribution in [0.2, 0.25) is 0 Å². The summed E-state index contributed by atoms with van der Waals surface area (Å²) in [7, 11) is 0. The molecule has 0 saturated carbocycles. The molecule has 0 atom stereocenters. The average molecular weight is 269 g/mol. The quantitative estimate of drug-likeness (QED) is 0.401. The molecule has 2 amide bonds. The number of hydrogen-bond donors (Lipinski definition) is 2. The van der Waals surface area contributed by atoms with Gasteiger partial charge in [-0.05, 0) is 0 Å². The van der Waals surface area contributed by atoms with Crippen molar-refractivity contribution in [3.63, 3.8) is 0 Å². The van der Waals surface area contributed by atoms with E-state index in [9.17, 15) is 0 Å². The van der Waals surface area contributed by atoms with Gasteiger partial charge in [0.15, 0.2) is 0 Å². The summed E-state index contributed by atoms with van der Waals surface area (Å²) in [6, 6.07) is 0. The second-order valence-electron chi connectivity index (χ2n) is 0.272. The van der Waals surface area contributed by atoms with Gasteiger partial charge in [0, 0.05) is 25.8 Å². The third-order valence-corrected chi connectivity index (χ3v) is 0. The van der Waals surface area contributed by atoms with Gasteiger partial charge in [0.2, 0.25) is 12.8 Å². The van der Waals surface area contributed by atoms with Crippen molar-refractivity contribution in [2.24, 2.45) is 11.5 Å². The molecule has 0 rings (SSSR count). The number of carbonyl (C=O) groups is 2. The second kappa shape index (κ2) is 41.0. The standard InChI is InChI=1S/2CH3NO.Hf/c2*2-1-3;/h2*1H,(H2,2,3);. The Bertz CT molecular complexity index is 34.7. The summed E-state index contributed by atoms with van der Waals surface area (Å²) in [4.78, 5) is 17.2. The Morgan fingerprint density at radius 2 is 1.00 bits per heavy atom. The van der Waals surface area contributed by atoms with Gasteiger partial charge in [0.1, 0.15) is 0 Å². The van der Waals surface area contributed by atoms with Crippen LogP contribution in [0.15, 0.2) is 0 Å². The van der Waals surface area contributed by atoms with Crippen molar-refractivity contribution < 1.29 is 35.4 Å². The smallest absolute Gasteiger partial charge is 0.204 e.